The highest BCUT2D eigenvalue weighted by Crippen LogP contribution is 2.31. The molecule has 2 aromatic rings. The molecule has 0 radical (unpaired) electrons. The minimum atomic E-state index is 0.440. The van der Waals surface area contributed by atoms with Gasteiger partial charge in [0.2, 0.25) is 0 Å². The van der Waals surface area contributed by atoms with Crippen molar-refractivity contribution in [2.24, 2.45) is 0 Å². The first-order valence-electron chi connectivity index (χ1n) is 5.90. The number of hydrogen-bond donors (Lipinski definition) is 0. The molecule has 0 heterocycles. The standard InChI is InChI=1S/C15H14Cl3N/c1-19(10-11-4-2-6-13(17)8-11)15-12(9-16)5-3-7-14(15)18/h2-8H,9-10H2,1H3. The molecule has 100 valence electrons. The van der Waals surface area contributed by atoms with Crippen LogP contribution in [0.4, 0.5) is 5.69 Å². The number of hydrogen-bond acceptors (Lipinski definition) is 1. The summed E-state index contributed by atoms with van der Waals surface area (Å²) in [6.07, 6.45) is 0. The second kappa shape index (κ2) is 6.51. The quantitative estimate of drug-likeness (QED) is 0.686. The molecule has 19 heavy (non-hydrogen) atoms. The van der Waals surface area contributed by atoms with Crippen molar-refractivity contribution < 1.29 is 0 Å². The molecular formula is C15H14Cl3N. The molecule has 2 aromatic carbocycles. The van der Waals surface area contributed by atoms with Crippen molar-refractivity contribution in [2.45, 2.75) is 12.4 Å². The SMILES string of the molecule is CN(Cc1cccc(Cl)c1)c1c(Cl)cccc1CCl. The van der Waals surface area contributed by atoms with Gasteiger partial charge in [-0.25, -0.2) is 0 Å². The maximum absolute atomic E-state index is 6.27. The fraction of sp³-hybridized carbons (Fsp3) is 0.200. The van der Waals surface area contributed by atoms with E-state index in [1.54, 1.807) is 0 Å². The molecular weight excluding hydrogens is 301 g/mol. The van der Waals surface area contributed by atoms with Gasteiger partial charge in [-0.3, -0.25) is 0 Å². The third kappa shape index (κ3) is 3.56. The van der Waals surface area contributed by atoms with Gasteiger partial charge in [-0.1, -0.05) is 47.5 Å². The zero-order valence-electron chi connectivity index (χ0n) is 10.5. The molecule has 0 aromatic heterocycles. The van der Waals surface area contributed by atoms with Crippen LogP contribution in [0.2, 0.25) is 10.0 Å². The summed E-state index contributed by atoms with van der Waals surface area (Å²) in [7, 11) is 2.00. The second-order valence-electron chi connectivity index (χ2n) is 4.37. The van der Waals surface area contributed by atoms with Crippen LogP contribution in [0.25, 0.3) is 0 Å². The van der Waals surface area contributed by atoms with Gasteiger partial charge in [-0.05, 0) is 29.3 Å². The van der Waals surface area contributed by atoms with E-state index in [-0.39, 0.29) is 0 Å². The summed E-state index contributed by atoms with van der Waals surface area (Å²) in [4.78, 5) is 2.09. The zero-order valence-corrected chi connectivity index (χ0v) is 12.8. The van der Waals surface area contributed by atoms with Crippen LogP contribution in [0.1, 0.15) is 11.1 Å². The third-order valence-corrected chi connectivity index (χ3v) is 3.73. The first kappa shape index (κ1) is 14.5. The highest BCUT2D eigenvalue weighted by molar-refractivity contribution is 6.33. The van der Waals surface area contributed by atoms with Gasteiger partial charge < -0.3 is 4.90 Å². The van der Waals surface area contributed by atoms with E-state index in [2.05, 4.69) is 4.90 Å². The van der Waals surface area contributed by atoms with E-state index in [1.807, 2.05) is 49.5 Å². The van der Waals surface area contributed by atoms with Crippen LogP contribution in [0.5, 0.6) is 0 Å². The van der Waals surface area contributed by atoms with Crippen LogP contribution >= 0.6 is 34.8 Å². The zero-order chi connectivity index (χ0) is 13.8. The maximum Gasteiger partial charge on any atom is 0.0642 e. The second-order valence-corrected chi connectivity index (χ2v) is 5.48. The molecule has 0 aliphatic rings. The van der Waals surface area contributed by atoms with Gasteiger partial charge in [0.15, 0.2) is 0 Å². The van der Waals surface area contributed by atoms with Gasteiger partial charge in [-0.2, -0.15) is 0 Å². The van der Waals surface area contributed by atoms with E-state index in [9.17, 15) is 0 Å². The van der Waals surface area contributed by atoms with E-state index in [0.29, 0.717) is 10.9 Å². The topological polar surface area (TPSA) is 3.24 Å². The van der Waals surface area contributed by atoms with Crippen molar-refractivity contribution in [3.63, 3.8) is 0 Å². The predicted octanol–water partition coefficient (Wildman–Crippen LogP) is 5.37. The monoisotopic (exact) mass is 313 g/mol. The Hall–Kier alpha value is -0.890. The summed E-state index contributed by atoms with van der Waals surface area (Å²) in [5, 5.41) is 1.45. The summed E-state index contributed by atoms with van der Waals surface area (Å²) in [5.41, 5.74) is 3.13. The van der Waals surface area contributed by atoms with Crippen molar-refractivity contribution in [3.05, 3.63) is 63.6 Å². The Morgan fingerprint density at radius 3 is 2.47 bits per heavy atom. The Bertz CT molecular complexity index is 569. The van der Waals surface area contributed by atoms with Crippen LogP contribution in [-0.4, -0.2) is 7.05 Å². The van der Waals surface area contributed by atoms with E-state index in [0.717, 1.165) is 28.4 Å². The highest BCUT2D eigenvalue weighted by atomic mass is 35.5. The molecule has 0 saturated carbocycles. The number of halogens is 3. The Morgan fingerprint density at radius 1 is 1.05 bits per heavy atom. The largest absolute Gasteiger partial charge is 0.369 e. The number of nitrogens with zero attached hydrogens (tertiary/aromatic N) is 1. The minimum Gasteiger partial charge on any atom is -0.369 e. The lowest BCUT2D eigenvalue weighted by Crippen LogP contribution is -2.18. The number of anilines is 1. The summed E-state index contributed by atoms with van der Waals surface area (Å²) < 4.78 is 0. The van der Waals surface area contributed by atoms with E-state index < -0.39 is 0 Å². The van der Waals surface area contributed by atoms with Crippen LogP contribution in [-0.2, 0) is 12.4 Å². The first-order chi connectivity index (χ1) is 9.11. The van der Waals surface area contributed by atoms with E-state index in [1.165, 1.54) is 0 Å². The molecule has 0 unspecified atom stereocenters. The van der Waals surface area contributed by atoms with Gasteiger partial charge in [0, 0.05) is 24.5 Å². The molecule has 0 saturated heterocycles. The molecule has 1 nitrogen and oxygen atoms in total. The molecule has 0 spiro atoms. The molecule has 2 rings (SSSR count). The lowest BCUT2D eigenvalue weighted by molar-refractivity contribution is 0.916. The van der Waals surface area contributed by atoms with Gasteiger partial charge in [0.25, 0.3) is 0 Å². The summed E-state index contributed by atoms with van der Waals surface area (Å²) >= 11 is 18.2. The number of rotatable bonds is 4. The fourth-order valence-electron chi connectivity index (χ4n) is 2.08. The maximum atomic E-state index is 6.27. The van der Waals surface area contributed by atoms with Crippen LogP contribution in [0, 0.1) is 0 Å². The Morgan fingerprint density at radius 2 is 1.79 bits per heavy atom. The Balaban J connectivity index is 2.27. The van der Waals surface area contributed by atoms with E-state index >= 15 is 0 Å². The lowest BCUT2D eigenvalue weighted by Gasteiger charge is -2.23. The number of para-hydroxylation sites is 1. The average molecular weight is 315 g/mol. The van der Waals surface area contributed by atoms with Gasteiger partial charge in [0.1, 0.15) is 0 Å². The average Bonchev–Trinajstić information content (AvgIpc) is 2.38. The van der Waals surface area contributed by atoms with Crippen molar-refractivity contribution in [1.29, 1.82) is 0 Å². The van der Waals surface area contributed by atoms with Crippen LogP contribution in [0.15, 0.2) is 42.5 Å². The summed E-state index contributed by atoms with van der Waals surface area (Å²) in [5.74, 6) is 0.440. The lowest BCUT2D eigenvalue weighted by atomic mass is 10.1. The molecule has 0 aliphatic carbocycles. The summed E-state index contributed by atoms with van der Waals surface area (Å²) in [6.45, 7) is 0.730. The first-order valence-corrected chi connectivity index (χ1v) is 7.20. The fourth-order valence-corrected chi connectivity index (χ4v) is 2.85. The smallest absolute Gasteiger partial charge is 0.0642 e. The highest BCUT2D eigenvalue weighted by Gasteiger charge is 2.11. The van der Waals surface area contributed by atoms with Crippen molar-refractivity contribution >= 4 is 40.5 Å². The van der Waals surface area contributed by atoms with Crippen molar-refractivity contribution in [3.8, 4) is 0 Å². The predicted molar refractivity (Wildman–Crippen MR) is 84.6 cm³/mol. The molecule has 0 amide bonds. The number of benzene rings is 2. The van der Waals surface area contributed by atoms with Gasteiger partial charge in [0.05, 0.1) is 10.7 Å². The Kier molecular flexibility index (Phi) is 4.98. The van der Waals surface area contributed by atoms with Crippen LogP contribution < -0.4 is 4.90 Å². The van der Waals surface area contributed by atoms with E-state index in [4.69, 9.17) is 34.8 Å². The van der Waals surface area contributed by atoms with Crippen molar-refractivity contribution in [2.75, 3.05) is 11.9 Å². The normalized spacial score (nSPS) is 10.5. The minimum absolute atomic E-state index is 0.440. The molecule has 0 atom stereocenters. The molecule has 0 fully saturated rings. The number of alkyl halides is 1. The van der Waals surface area contributed by atoms with Gasteiger partial charge in [-0.15, -0.1) is 11.6 Å². The molecule has 0 bridgehead atoms. The van der Waals surface area contributed by atoms with Gasteiger partial charge >= 0.3 is 0 Å². The van der Waals surface area contributed by atoms with Crippen LogP contribution in [0.3, 0.4) is 0 Å². The van der Waals surface area contributed by atoms with Crippen molar-refractivity contribution in [1.82, 2.24) is 0 Å². The molecule has 0 N–H and O–H groups in total. The molecule has 0 aliphatic heterocycles. The molecule has 4 heteroatoms. The Labute approximate surface area is 128 Å². The summed E-state index contributed by atoms with van der Waals surface area (Å²) in [6, 6.07) is 13.6. The third-order valence-electron chi connectivity index (χ3n) is 2.90.